The molecule has 0 aromatic heterocycles. The first kappa shape index (κ1) is 17.3. The van der Waals surface area contributed by atoms with Crippen molar-refractivity contribution in [3.63, 3.8) is 0 Å². The lowest BCUT2D eigenvalue weighted by Crippen LogP contribution is -2.45. The predicted molar refractivity (Wildman–Crippen MR) is 89.1 cm³/mol. The normalized spacial score (nSPS) is 17.7. The molecule has 1 aliphatic rings. The van der Waals surface area contributed by atoms with Gasteiger partial charge in [-0.1, -0.05) is 19.1 Å². The number of hydrogen-bond acceptors (Lipinski definition) is 3. The molecular weight excluding hydrogens is 292 g/mol. The van der Waals surface area contributed by atoms with Gasteiger partial charge in [0.2, 0.25) is 11.8 Å². The molecule has 1 unspecified atom stereocenters. The molecule has 1 N–H and O–H groups in total. The number of likely N-dealkylation sites (tertiary alicyclic amines) is 1. The number of carbonyl (C=O) groups excluding carboxylic acids is 2. The Morgan fingerprint density at radius 1 is 1.26 bits per heavy atom. The van der Waals surface area contributed by atoms with Crippen molar-refractivity contribution < 1.29 is 14.3 Å². The summed E-state index contributed by atoms with van der Waals surface area (Å²) in [5.41, 5.74) is 0.982. The Morgan fingerprint density at radius 2 is 2.00 bits per heavy atom. The Kier molecular flexibility index (Phi) is 6.44. The maximum atomic E-state index is 12.3. The molecule has 1 fully saturated rings. The molecule has 1 heterocycles. The molecule has 23 heavy (non-hydrogen) atoms. The molecule has 1 saturated heterocycles. The van der Waals surface area contributed by atoms with E-state index in [4.69, 9.17) is 4.74 Å². The molecule has 2 rings (SSSR count). The number of nitrogens with one attached hydrogen (secondary N) is 1. The van der Waals surface area contributed by atoms with Crippen LogP contribution in [0.15, 0.2) is 24.3 Å². The smallest absolute Gasteiger partial charge is 0.232 e. The second kappa shape index (κ2) is 8.56. The monoisotopic (exact) mass is 318 g/mol. The predicted octanol–water partition coefficient (Wildman–Crippen LogP) is 2.49. The van der Waals surface area contributed by atoms with Crippen molar-refractivity contribution in [2.24, 2.45) is 0 Å². The fourth-order valence-corrected chi connectivity index (χ4v) is 3.00. The van der Waals surface area contributed by atoms with Crippen LogP contribution in [0.25, 0.3) is 0 Å². The van der Waals surface area contributed by atoms with Crippen molar-refractivity contribution in [1.29, 1.82) is 0 Å². The van der Waals surface area contributed by atoms with Gasteiger partial charge in [0.1, 0.15) is 12.2 Å². The first-order valence-electron chi connectivity index (χ1n) is 8.33. The summed E-state index contributed by atoms with van der Waals surface area (Å²) in [7, 11) is 1.62. The van der Waals surface area contributed by atoms with Crippen LogP contribution in [0.4, 0.5) is 0 Å². The molecule has 126 valence electrons. The minimum atomic E-state index is -0.216. The Bertz CT molecular complexity index is 528. The first-order valence-corrected chi connectivity index (χ1v) is 8.33. The van der Waals surface area contributed by atoms with E-state index in [2.05, 4.69) is 12.2 Å². The average Bonchev–Trinajstić information content (AvgIpc) is 2.60. The third-order valence-corrected chi connectivity index (χ3v) is 4.38. The fourth-order valence-electron chi connectivity index (χ4n) is 3.00. The van der Waals surface area contributed by atoms with E-state index in [1.54, 1.807) is 7.11 Å². The molecule has 5 heteroatoms. The number of nitrogens with zero attached hydrogens (tertiary/aromatic N) is 1. The van der Waals surface area contributed by atoms with E-state index in [0.717, 1.165) is 37.1 Å². The van der Waals surface area contributed by atoms with Crippen molar-refractivity contribution in [2.45, 2.75) is 51.6 Å². The zero-order valence-corrected chi connectivity index (χ0v) is 14.0. The third kappa shape index (κ3) is 4.98. The Hall–Kier alpha value is -2.04. The third-order valence-electron chi connectivity index (χ3n) is 4.38. The van der Waals surface area contributed by atoms with Crippen LogP contribution in [0, 0.1) is 0 Å². The van der Waals surface area contributed by atoms with Crippen LogP contribution in [0.5, 0.6) is 5.75 Å². The van der Waals surface area contributed by atoms with Crippen LogP contribution in [0.1, 0.15) is 44.6 Å². The van der Waals surface area contributed by atoms with Gasteiger partial charge in [0.05, 0.1) is 7.11 Å². The van der Waals surface area contributed by atoms with Gasteiger partial charge in [-0.3, -0.25) is 9.59 Å². The number of benzene rings is 1. The zero-order valence-electron chi connectivity index (χ0n) is 14.0. The lowest BCUT2D eigenvalue weighted by molar-refractivity contribution is -0.139. The highest BCUT2D eigenvalue weighted by atomic mass is 16.5. The number of amides is 2. The highest BCUT2D eigenvalue weighted by Crippen LogP contribution is 2.20. The minimum Gasteiger partial charge on any atom is -0.497 e. The highest BCUT2D eigenvalue weighted by Gasteiger charge is 2.26. The molecule has 5 nitrogen and oxygen atoms in total. The highest BCUT2D eigenvalue weighted by molar-refractivity contribution is 5.97. The average molecular weight is 318 g/mol. The van der Waals surface area contributed by atoms with E-state index in [1.165, 1.54) is 6.42 Å². The maximum Gasteiger partial charge on any atom is 0.232 e. The van der Waals surface area contributed by atoms with Gasteiger partial charge in [0, 0.05) is 19.1 Å². The van der Waals surface area contributed by atoms with Gasteiger partial charge >= 0.3 is 0 Å². The van der Waals surface area contributed by atoms with E-state index < -0.39 is 0 Å². The molecule has 1 atom stereocenters. The van der Waals surface area contributed by atoms with Crippen molar-refractivity contribution in [2.75, 3.05) is 13.7 Å². The van der Waals surface area contributed by atoms with Crippen LogP contribution in [-0.4, -0.2) is 36.4 Å². The summed E-state index contributed by atoms with van der Waals surface area (Å²) in [6.45, 7) is 3.30. The van der Waals surface area contributed by atoms with E-state index in [-0.39, 0.29) is 18.2 Å². The zero-order chi connectivity index (χ0) is 16.7. The lowest BCUT2D eigenvalue weighted by Gasteiger charge is -2.35. The molecular formula is C18H26N2O3. The molecule has 0 radical (unpaired) electrons. The summed E-state index contributed by atoms with van der Waals surface area (Å²) >= 11 is 0. The molecule has 0 saturated carbocycles. The van der Waals surface area contributed by atoms with Crippen LogP contribution in [0.3, 0.4) is 0 Å². The molecule has 1 aromatic rings. The van der Waals surface area contributed by atoms with Crippen molar-refractivity contribution in [1.82, 2.24) is 10.2 Å². The van der Waals surface area contributed by atoms with Gasteiger partial charge in [-0.2, -0.15) is 0 Å². The van der Waals surface area contributed by atoms with Gasteiger partial charge < -0.3 is 15.0 Å². The summed E-state index contributed by atoms with van der Waals surface area (Å²) < 4.78 is 5.10. The summed E-state index contributed by atoms with van der Waals surface area (Å²) in [6, 6.07) is 7.81. The van der Waals surface area contributed by atoms with E-state index in [0.29, 0.717) is 12.6 Å². The van der Waals surface area contributed by atoms with E-state index in [1.807, 2.05) is 29.2 Å². The largest absolute Gasteiger partial charge is 0.497 e. The van der Waals surface area contributed by atoms with Crippen LogP contribution in [-0.2, 0) is 16.1 Å². The van der Waals surface area contributed by atoms with Crippen LogP contribution < -0.4 is 10.1 Å². The van der Waals surface area contributed by atoms with Crippen LogP contribution >= 0.6 is 0 Å². The van der Waals surface area contributed by atoms with Gasteiger partial charge in [-0.25, -0.2) is 0 Å². The Morgan fingerprint density at radius 3 is 2.65 bits per heavy atom. The standard InChI is InChI=1S/C18H26N2O3/c1-3-15-6-4-5-11-20(15)18(22)12-17(21)19-13-14-7-9-16(23-2)10-8-14/h7-10,15H,3-6,11-13H2,1-2H3,(H,19,21). The maximum absolute atomic E-state index is 12.3. The molecule has 0 aliphatic carbocycles. The second-order valence-corrected chi connectivity index (χ2v) is 5.95. The van der Waals surface area contributed by atoms with Gasteiger partial charge in [0.15, 0.2) is 0 Å². The second-order valence-electron chi connectivity index (χ2n) is 5.95. The number of carbonyl (C=O) groups is 2. The molecule has 1 aromatic carbocycles. The summed E-state index contributed by atoms with van der Waals surface area (Å²) in [5.74, 6) is 0.515. The van der Waals surface area contributed by atoms with Crippen molar-refractivity contribution in [3.8, 4) is 5.75 Å². The SMILES string of the molecule is CCC1CCCCN1C(=O)CC(=O)NCc1ccc(OC)cc1. The number of ether oxygens (including phenoxy) is 1. The molecule has 2 amide bonds. The number of hydrogen-bond donors (Lipinski definition) is 1. The number of methoxy groups -OCH3 is 1. The van der Waals surface area contributed by atoms with E-state index >= 15 is 0 Å². The fraction of sp³-hybridized carbons (Fsp3) is 0.556. The number of rotatable bonds is 6. The van der Waals surface area contributed by atoms with Crippen LogP contribution in [0.2, 0.25) is 0 Å². The van der Waals surface area contributed by atoms with Crippen molar-refractivity contribution >= 4 is 11.8 Å². The van der Waals surface area contributed by atoms with Crippen molar-refractivity contribution in [3.05, 3.63) is 29.8 Å². The lowest BCUT2D eigenvalue weighted by atomic mass is 9.99. The Balaban J connectivity index is 1.80. The molecule has 0 spiro atoms. The Labute approximate surface area is 138 Å². The summed E-state index contributed by atoms with van der Waals surface area (Å²) in [4.78, 5) is 26.2. The summed E-state index contributed by atoms with van der Waals surface area (Å²) in [6.07, 6.45) is 4.16. The number of piperidine rings is 1. The molecule has 0 bridgehead atoms. The first-order chi connectivity index (χ1) is 11.1. The summed E-state index contributed by atoms with van der Waals surface area (Å²) in [5, 5.41) is 2.81. The quantitative estimate of drug-likeness (QED) is 0.820. The van der Waals surface area contributed by atoms with Gasteiger partial charge in [0.25, 0.3) is 0 Å². The molecule has 1 aliphatic heterocycles. The van der Waals surface area contributed by atoms with Gasteiger partial charge in [-0.15, -0.1) is 0 Å². The topological polar surface area (TPSA) is 58.6 Å². The van der Waals surface area contributed by atoms with E-state index in [9.17, 15) is 9.59 Å². The van der Waals surface area contributed by atoms with Gasteiger partial charge in [-0.05, 0) is 43.4 Å². The minimum absolute atomic E-state index is 0.0521.